The van der Waals surface area contributed by atoms with Crippen LogP contribution >= 0.6 is 0 Å². The molecule has 0 aromatic carbocycles. The van der Waals surface area contributed by atoms with Gasteiger partial charge in [0.1, 0.15) is 0 Å². The first-order valence-corrected chi connectivity index (χ1v) is 13.5. The van der Waals surface area contributed by atoms with Gasteiger partial charge < -0.3 is 4.74 Å². The predicted octanol–water partition coefficient (Wildman–Crippen LogP) is 3.14. The van der Waals surface area contributed by atoms with E-state index in [0.29, 0.717) is 25.7 Å². The van der Waals surface area contributed by atoms with Crippen LogP contribution in [0.3, 0.4) is 0 Å². The second-order valence-corrected chi connectivity index (χ2v) is 12.5. The summed E-state index contributed by atoms with van der Waals surface area (Å²) in [6.07, 6.45) is 3.35. The van der Waals surface area contributed by atoms with Crippen LogP contribution in [-0.2, 0) is 24.8 Å². The number of hydrogen-bond acceptors (Lipinski definition) is 5. The first kappa shape index (κ1) is 27.8. The van der Waals surface area contributed by atoms with E-state index in [0.717, 1.165) is 12.8 Å². The Balaban J connectivity index is 5.97. The largest absolute Gasteiger partial charge is 0.374 e. The average molecular weight is 443 g/mol. The normalized spacial score (nSPS) is 17.3. The van der Waals surface area contributed by atoms with Gasteiger partial charge in [-0.25, -0.2) is 27.1 Å². The molecule has 0 amide bonds. The third-order valence-corrected chi connectivity index (χ3v) is 8.26. The fourth-order valence-electron chi connectivity index (χ4n) is 4.02. The van der Waals surface area contributed by atoms with Crippen molar-refractivity contribution in [2.24, 2.45) is 21.1 Å². The second kappa shape index (κ2) is 10.7. The molecule has 3 unspecified atom stereocenters. The molecule has 0 rings (SSSR count). The van der Waals surface area contributed by atoms with E-state index in [4.69, 9.17) is 15.0 Å². The molecule has 170 valence electrons. The van der Waals surface area contributed by atoms with Gasteiger partial charge in [0.15, 0.2) is 0 Å². The van der Waals surface area contributed by atoms with Crippen LogP contribution in [-0.4, -0.2) is 40.0 Å². The van der Waals surface area contributed by atoms with Crippen molar-refractivity contribution >= 4 is 20.0 Å². The quantitative estimate of drug-likeness (QED) is 0.427. The van der Waals surface area contributed by atoms with Crippen LogP contribution in [0.15, 0.2) is 0 Å². The first-order chi connectivity index (χ1) is 12.5. The van der Waals surface area contributed by atoms with Gasteiger partial charge in [-0.2, -0.15) is 0 Å². The average Bonchev–Trinajstić information content (AvgIpc) is 2.47. The molecule has 0 heterocycles. The Bertz CT molecular complexity index is 672. The maximum absolute atomic E-state index is 12.3. The van der Waals surface area contributed by atoms with Gasteiger partial charge in [0, 0.05) is 10.8 Å². The van der Waals surface area contributed by atoms with Gasteiger partial charge in [0.2, 0.25) is 20.0 Å². The van der Waals surface area contributed by atoms with Crippen molar-refractivity contribution in [3.63, 3.8) is 0 Å². The third kappa shape index (κ3) is 8.65. The number of hydrogen-bond donors (Lipinski definition) is 2. The molecule has 4 N–H and O–H groups in total. The van der Waals surface area contributed by atoms with Crippen molar-refractivity contribution in [2.45, 2.75) is 104 Å². The number of rotatable bonds is 14. The van der Waals surface area contributed by atoms with Crippen molar-refractivity contribution < 1.29 is 21.6 Å². The van der Waals surface area contributed by atoms with E-state index < -0.39 is 36.1 Å². The highest BCUT2D eigenvalue weighted by molar-refractivity contribution is 7.89. The molecule has 0 bridgehead atoms. The smallest absolute Gasteiger partial charge is 0.212 e. The molecule has 3 atom stereocenters. The van der Waals surface area contributed by atoms with Gasteiger partial charge >= 0.3 is 0 Å². The summed E-state index contributed by atoms with van der Waals surface area (Å²) in [5.74, 6) is -0.197. The summed E-state index contributed by atoms with van der Waals surface area (Å²) in [4.78, 5) is 0. The number of sulfonamides is 2. The zero-order valence-electron chi connectivity index (χ0n) is 18.7. The lowest BCUT2D eigenvalue weighted by molar-refractivity contribution is -0.117. The van der Waals surface area contributed by atoms with E-state index >= 15 is 0 Å². The lowest BCUT2D eigenvalue weighted by Gasteiger charge is -2.44. The summed E-state index contributed by atoms with van der Waals surface area (Å²) in [6, 6.07) is 0. The Kier molecular flexibility index (Phi) is 10.6. The SMILES string of the molecule is CCCC(OC(CCC)C(C)(C)C(CCC)S(N)(=O)=O)C(C)(C)CS(N)(=O)=O. The molecule has 9 heteroatoms. The van der Waals surface area contributed by atoms with Crippen molar-refractivity contribution in [3.8, 4) is 0 Å². The summed E-state index contributed by atoms with van der Waals surface area (Å²) in [7, 11) is -7.43. The molecule has 0 aromatic heterocycles. The van der Waals surface area contributed by atoms with Gasteiger partial charge in [-0.05, 0) is 19.3 Å². The Labute approximate surface area is 173 Å². The van der Waals surface area contributed by atoms with Crippen molar-refractivity contribution in [1.29, 1.82) is 0 Å². The molecule has 0 aromatic rings. The molecular formula is C19H42N2O5S2. The van der Waals surface area contributed by atoms with E-state index in [1.54, 1.807) is 0 Å². The number of nitrogens with two attached hydrogens (primary N) is 2. The molecule has 0 saturated carbocycles. The highest BCUT2D eigenvalue weighted by Crippen LogP contribution is 2.40. The minimum atomic E-state index is -3.76. The maximum Gasteiger partial charge on any atom is 0.212 e. The summed E-state index contributed by atoms with van der Waals surface area (Å²) < 4.78 is 54.5. The fourth-order valence-corrected chi connectivity index (χ4v) is 6.81. The monoisotopic (exact) mass is 442 g/mol. The van der Waals surface area contributed by atoms with Crippen molar-refractivity contribution in [2.75, 3.05) is 5.75 Å². The van der Waals surface area contributed by atoms with Crippen molar-refractivity contribution in [3.05, 3.63) is 0 Å². The Morgan fingerprint density at radius 3 is 1.57 bits per heavy atom. The number of ether oxygens (including phenoxy) is 1. The molecule has 0 aliphatic rings. The highest BCUT2D eigenvalue weighted by Gasteiger charge is 2.45. The molecular weight excluding hydrogens is 400 g/mol. The van der Waals surface area contributed by atoms with Crippen LogP contribution in [0.5, 0.6) is 0 Å². The summed E-state index contributed by atoms with van der Waals surface area (Å²) in [5.41, 5.74) is -1.42. The lowest BCUT2D eigenvalue weighted by atomic mass is 9.78. The van der Waals surface area contributed by atoms with Gasteiger partial charge in [0.05, 0.1) is 23.2 Å². The molecule has 0 spiro atoms. The number of primary sulfonamides is 2. The minimum Gasteiger partial charge on any atom is -0.374 e. The van der Waals surface area contributed by atoms with Gasteiger partial charge in [0.25, 0.3) is 0 Å². The van der Waals surface area contributed by atoms with Gasteiger partial charge in [-0.1, -0.05) is 67.7 Å². The maximum atomic E-state index is 12.3. The highest BCUT2D eigenvalue weighted by atomic mass is 32.2. The molecule has 0 saturated heterocycles. The van der Waals surface area contributed by atoms with Crippen LogP contribution in [0, 0.1) is 10.8 Å². The minimum absolute atomic E-state index is 0.197. The van der Waals surface area contributed by atoms with Crippen LogP contribution in [0.1, 0.15) is 87.0 Å². The standard InChI is InChI=1S/C19H42N2O5S2/c1-8-11-15(18(4,5)14-27(20,22)23)26-16(12-9-2)19(6,7)17(13-10-3)28(21,24)25/h15-17H,8-14H2,1-7H3,(H2,20,22,23)(H2,21,24,25). The van der Waals surface area contributed by atoms with Gasteiger partial charge in [-0.15, -0.1) is 0 Å². The van der Waals surface area contributed by atoms with E-state index in [9.17, 15) is 16.8 Å². The topological polar surface area (TPSA) is 130 Å². The second-order valence-electron chi connectivity index (χ2n) is 9.17. The molecule has 7 nitrogen and oxygen atoms in total. The Hall–Kier alpha value is -0.220. The summed E-state index contributed by atoms with van der Waals surface area (Å²) in [5, 5.41) is 10.1. The van der Waals surface area contributed by atoms with E-state index in [-0.39, 0.29) is 18.0 Å². The predicted molar refractivity (Wildman–Crippen MR) is 116 cm³/mol. The lowest BCUT2D eigenvalue weighted by Crippen LogP contribution is -2.51. The summed E-state index contributed by atoms with van der Waals surface area (Å²) >= 11 is 0. The van der Waals surface area contributed by atoms with Crippen LogP contribution in [0.4, 0.5) is 0 Å². The Morgan fingerprint density at radius 2 is 1.21 bits per heavy atom. The molecule has 0 radical (unpaired) electrons. The molecule has 0 aliphatic carbocycles. The van der Waals surface area contributed by atoms with E-state index in [2.05, 4.69) is 0 Å². The van der Waals surface area contributed by atoms with Gasteiger partial charge in [-0.3, -0.25) is 0 Å². The van der Waals surface area contributed by atoms with Crippen molar-refractivity contribution in [1.82, 2.24) is 0 Å². The van der Waals surface area contributed by atoms with Crippen LogP contribution in [0.2, 0.25) is 0 Å². The molecule has 0 aliphatic heterocycles. The molecule has 0 fully saturated rings. The van der Waals surface area contributed by atoms with Crippen LogP contribution < -0.4 is 10.3 Å². The fraction of sp³-hybridized carbons (Fsp3) is 1.00. The zero-order valence-corrected chi connectivity index (χ0v) is 20.3. The van der Waals surface area contributed by atoms with E-state index in [1.165, 1.54) is 0 Å². The van der Waals surface area contributed by atoms with Crippen LogP contribution in [0.25, 0.3) is 0 Å². The molecule has 28 heavy (non-hydrogen) atoms. The first-order valence-electron chi connectivity index (χ1n) is 10.2. The third-order valence-electron chi connectivity index (χ3n) is 5.48. The zero-order chi connectivity index (χ0) is 22.4. The summed E-state index contributed by atoms with van der Waals surface area (Å²) in [6.45, 7) is 13.4. The van der Waals surface area contributed by atoms with E-state index in [1.807, 2.05) is 48.5 Å². The Morgan fingerprint density at radius 1 is 0.786 bits per heavy atom.